The van der Waals surface area contributed by atoms with Crippen molar-refractivity contribution < 1.29 is 4.79 Å². The van der Waals surface area contributed by atoms with E-state index in [1.807, 2.05) is 37.2 Å². The summed E-state index contributed by atoms with van der Waals surface area (Å²) in [4.78, 5) is 16.8. The van der Waals surface area contributed by atoms with Crippen molar-refractivity contribution in [2.45, 2.75) is 45.6 Å². The summed E-state index contributed by atoms with van der Waals surface area (Å²) in [6.07, 6.45) is 2.84. The summed E-state index contributed by atoms with van der Waals surface area (Å²) in [7, 11) is 3.90. The molecule has 2 aromatic rings. The van der Waals surface area contributed by atoms with Gasteiger partial charge in [-0.2, -0.15) is 5.10 Å². The van der Waals surface area contributed by atoms with Crippen molar-refractivity contribution in [1.29, 1.82) is 0 Å². The quantitative estimate of drug-likeness (QED) is 0.596. The van der Waals surface area contributed by atoms with Crippen molar-refractivity contribution in [2.24, 2.45) is 5.10 Å². The van der Waals surface area contributed by atoms with Crippen LogP contribution in [0.3, 0.4) is 0 Å². The molecule has 154 valence electrons. The van der Waals surface area contributed by atoms with Gasteiger partial charge in [0.2, 0.25) is 0 Å². The number of fused-ring (bicyclic) bond motifs is 1. The van der Waals surface area contributed by atoms with Gasteiger partial charge in [0, 0.05) is 43.1 Å². The lowest BCUT2D eigenvalue weighted by Crippen LogP contribution is -2.48. The highest BCUT2D eigenvalue weighted by molar-refractivity contribution is 5.95. The van der Waals surface area contributed by atoms with Gasteiger partial charge in [-0.1, -0.05) is 19.1 Å². The average Bonchev–Trinajstić information content (AvgIpc) is 2.68. The fourth-order valence-corrected chi connectivity index (χ4v) is 4.34. The number of hydrogen-bond acceptors (Lipinski definition) is 4. The zero-order valence-corrected chi connectivity index (χ0v) is 18.4. The molecule has 5 heteroatoms. The Morgan fingerprint density at radius 1 is 1.28 bits per heavy atom. The first-order valence-corrected chi connectivity index (χ1v) is 10.3. The smallest absolute Gasteiger partial charge is 0.271 e. The molecule has 0 bridgehead atoms. The maximum atomic E-state index is 12.4. The van der Waals surface area contributed by atoms with Crippen LogP contribution in [0.25, 0.3) is 0 Å². The topological polar surface area (TPSA) is 47.9 Å². The molecule has 3 rings (SSSR count). The minimum absolute atomic E-state index is 0.159. The van der Waals surface area contributed by atoms with Crippen molar-refractivity contribution in [1.82, 2.24) is 5.43 Å². The molecule has 5 nitrogen and oxygen atoms in total. The Balaban J connectivity index is 1.75. The molecule has 0 aliphatic carbocycles. The Morgan fingerprint density at radius 2 is 2.03 bits per heavy atom. The number of nitrogens with zero attached hydrogens (tertiary/aromatic N) is 3. The standard InChI is InChI=1S/C24H32N4O/c1-7-28-22-12-11-18(13-21(22)17(2)15-24(28,3)4)16-25-26-23(29)19-9-8-10-20(14-19)27(5)6/h8-14,16-17H,7,15H2,1-6H3,(H,26,29)/b25-16-. The van der Waals surface area contributed by atoms with Gasteiger partial charge < -0.3 is 9.80 Å². The van der Waals surface area contributed by atoms with Gasteiger partial charge in [0.15, 0.2) is 0 Å². The zero-order valence-electron chi connectivity index (χ0n) is 18.4. The molecule has 1 unspecified atom stereocenters. The molecule has 0 fully saturated rings. The maximum absolute atomic E-state index is 12.4. The van der Waals surface area contributed by atoms with Gasteiger partial charge in [-0.05, 0) is 74.6 Å². The van der Waals surface area contributed by atoms with Gasteiger partial charge in [-0.3, -0.25) is 4.79 Å². The fraction of sp³-hybridized carbons (Fsp3) is 0.417. The largest absolute Gasteiger partial charge is 0.378 e. The van der Waals surface area contributed by atoms with Gasteiger partial charge in [0.25, 0.3) is 5.91 Å². The van der Waals surface area contributed by atoms with Gasteiger partial charge in [0.1, 0.15) is 0 Å². The number of carbonyl (C=O) groups excluding carboxylic acids is 1. The van der Waals surface area contributed by atoms with Crippen LogP contribution in [-0.2, 0) is 0 Å². The zero-order chi connectivity index (χ0) is 21.2. The van der Waals surface area contributed by atoms with Crippen molar-refractivity contribution in [3.05, 3.63) is 59.2 Å². The van der Waals surface area contributed by atoms with Crippen molar-refractivity contribution in [3.8, 4) is 0 Å². The van der Waals surface area contributed by atoms with Gasteiger partial charge in [0.05, 0.1) is 6.21 Å². The monoisotopic (exact) mass is 392 g/mol. The second kappa shape index (κ2) is 8.27. The Bertz CT molecular complexity index is 917. The Morgan fingerprint density at radius 3 is 2.72 bits per heavy atom. The third-order valence-electron chi connectivity index (χ3n) is 5.73. The van der Waals surface area contributed by atoms with Crippen LogP contribution in [0.4, 0.5) is 11.4 Å². The summed E-state index contributed by atoms with van der Waals surface area (Å²) in [5, 5.41) is 4.18. The van der Waals surface area contributed by atoms with E-state index >= 15 is 0 Å². The summed E-state index contributed by atoms with van der Waals surface area (Å²) in [6.45, 7) is 10.1. The minimum atomic E-state index is -0.213. The molecule has 1 heterocycles. The molecular formula is C24H32N4O. The molecule has 0 saturated carbocycles. The molecule has 1 N–H and O–H groups in total. The predicted molar refractivity (Wildman–Crippen MR) is 122 cm³/mol. The number of benzene rings is 2. The Kier molecular flexibility index (Phi) is 5.96. The van der Waals surface area contributed by atoms with Crippen molar-refractivity contribution in [2.75, 3.05) is 30.4 Å². The average molecular weight is 393 g/mol. The fourth-order valence-electron chi connectivity index (χ4n) is 4.34. The number of amides is 1. The predicted octanol–water partition coefficient (Wildman–Crippen LogP) is 4.63. The normalized spacial score (nSPS) is 17.9. The van der Waals surface area contributed by atoms with E-state index < -0.39 is 0 Å². The molecule has 0 spiro atoms. The number of carbonyl (C=O) groups is 1. The van der Waals surface area contributed by atoms with Crippen LogP contribution in [0.5, 0.6) is 0 Å². The van der Waals surface area contributed by atoms with E-state index in [0.29, 0.717) is 11.5 Å². The minimum Gasteiger partial charge on any atom is -0.378 e. The molecule has 1 aliphatic heterocycles. The van der Waals surface area contributed by atoms with Gasteiger partial charge in [-0.15, -0.1) is 0 Å². The third-order valence-corrected chi connectivity index (χ3v) is 5.73. The van der Waals surface area contributed by atoms with E-state index in [4.69, 9.17) is 0 Å². The lowest BCUT2D eigenvalue weighted by Gasteiger charge is -2.47. The van der Waals surface area contributed by atoms with E-state index in [-0.39, 0.29) is 11.4 Å². The van der Waals surface area contributed by atoms with E-state index in [0.717, 1.165) is 24.2 Å². The molecule has 29 heavy (non-hydrogen) atoms. The lowest BCUT2D eigenvalue weighted by atomic mass is 9.79. The highest BCUT2D eigenvalue weighted by atomic mass is 16.2. The number of rotatable bonds is 5. The van der Waals surface area contributed by atoms with Crippen molar-refractivity contribution >= 4 is 23.5 Å². The van der Waals surface area contributed by atoms with Crippen LogP contribution >= 0.6 is 0 Å². The summed E-state index contributed by atoms with van der Waals surface area (Å²) >= 11 is 0. The first-order chi connectivity index (χ1) is 13.7. The Labute approximate surface area is 174 Å². The van der Waals surface area contributed by atoms with E-state index in [1.54, 1.807) is 12.3 Å². The number of nitrogens with one attached hydrogen (secondary N) is 1. The SMILES string of the molecule is CCN1c2ccc(/C=N\NC(=O)c3cccc(N(C)C)c3)cc2C(C)CC1(C)C. The molecule has 1 aliphatic rings. The van der Waals surface area contributed by atoms with Gasteiger partial charge >= 0.3 is 0 Å². The molecular weight excluding hydrogens is 360 g/mol. The summed E-state index contributed by atoms with van der Waals surface area (Å²) < 4.78 is 0. The molecule has 2 aromatic carbocycles. The van der Waals surface area contributed by atoms with Crippen molar-refractivity contribution in [3.63, 3.8) is 0 Å². The van der Waals surface area contributed by atoms with Crippen LogP contribution < -0.4 is 15.2 Å². The molecule has 1 atom stereocenters. The number of anilines is 2. The van der Waals surface area contributed by atoms with E-state index in [1.165, 1.54) is 11.3 Å². The van der Waals surface area contributed by atoms with E-state index in [2.05, 4.69) is 61.3 Å². The first-order valence-electron chi connectivity index (χ1n) is 10.3. The third kappa shape index (κ3) is 4.44. The molecule has 0 aromatic heterocycles. The summed E-state index contributed by atoms with van der Waals surface area (Å²) in [6, 6.07) is 13.9. The summed E-state index contributed by atoms with van der Waals surface area (Å²) in [5.41, 5.74) is 8.01. The molecule has 0 saturated heterocycles. The van der Waals surface area contributed by atoms with Gasteiger partial charge in [-0.25, -0.2) is 5.43 Å². The second-order valence-corrected chi connectivity index (χ2v) is 8.62. The highest BCUT2D eigenvalue weighted by Crippen LogP contribution is 2.43. The molecule has 0 radical (unpaired) electrons. The van der Waals surface area contributed by atoms with Crippen LogP contribution in [0.1, 0.15) is 61.5 Å². The second-order valence-electron chi connectivity index (χ2n) is 8.62. The van der Waals surface area contributed by atoms with Crippen LogP contribution in [0.2, 0.25) is 0 Å². The lowest BCUT2D eigenvalue weighted by molar-refractivity contribution is 0.0955. The van der Waals surface area contributed by atoms with Crippen LogP contribution in [0.15, 0.2) is 47.6 Å². The number of hydrazone groups is 1. The summed E-state index contributed by atoms with van der Waals surface area (Å²) in [5.74, 6) is 0.273. The first kappa shape index (κ1) is 20.9. The number of hydrogen-bond donors (Lipinski definition) is 1. The van der Waals surface area contributed by atoms with Crippen LogP contribution in [-0.4, -0.2) is 38.3 Å². The van der Waals surface area contributed by atoms with E-state index in [9.17, 15) is 4.79 Å². The highest BCUT2D eigenvalue weighted by Gasteiger charge is 2.35. The molecule has 1 amide bonds. The maximum Gasteiger partial charge on any atom is 0.271 e. The Hall–Kier alpha value is -2.82. The van der Waals surface area contributed by atoms with Crippen LogP contribution in [0, 0.1) is 0 Å².